The third kappa shape index (κ3) is 2.36. The molecule has 1 fully saturated rings. The lowest BCUT2D eigenvalue weighted by Gasteiger charge is -2.26. The molecule has 26 heavy (non-hydrogen) atoms. The topological polar surface area (TPSA) is 96.2 Å². The van der Waals surface area contributed by atoms with Crippen LogP contribution >= 0.6 is 0 Å². The van der Waals surface area contributed by atoms with E-state index in [1.54, 1.807) is 0 Å². The third-order valence-electron chi connectivity index (χ3n) is 4.34. The summed E-state index contributed by atoms with van der Waals surface area (Å²) in [5, 5.41) is 15.8. The number of pyridine rings is 1. The van der Waals surface area contributed by atoms with Gasteiger partial charge in [0, 0.05) is 17.0 Å². The van der Waals surface area contributed by atoms with Gasteiger partial charge < -0.3 is 15.0 Å². The molecule has 0 radical (unpaired) electrons. The zero-order valence-electron chi connectivity index (χ0n) is 13.2. The van der Waals surface area contributed by atoms with Gasteiger partial charge in [0.05, 0.1) is 18.4 Å². The number of nitrogens with zero attached hydrogens (tertiary/aromatic N) is 2. The highest BCUT2D eigenvalue weighted by molar-refractivity contribution is 6.07. The number of fused-ring (bicyclic) bond motifs is 1. The molecule has 1 aliphatic heterocycles. The van der Waals surface area contributed by atoms with E-state index in [1.807, 2.05) is 0 Å². The first-order valence-electron chi connectivity index (χ1n) is 7.62. The minimum Gasteiger partial charge on any atom is -0.494 e. The summed E-state index contributed by atoms with van der Waals surface area (Å²) in [6, 6.07) is 5.55. The van der Waals surface area contributed by atoms with Crippen LogP contribution in [0.3, 0.4) is 0 Å². The van der Waals surface area contributed by atoms with E-state index in [4.69, 9.17) is 0 Å². The lowest BCUT2D eigenvalue weighted by atomic mass is 9.94. The molecule has 3 amide bonds. The Morgan fingerprint density at radius 1 is 1.15 bits per heavy atom. The number of hydrogen-bond donors (Lipinski definition) is 3. The van der Waals surface area contributed by atoms with Gasteiger partial charge in [0.15, 0.2) is 11.4 Å². The van der Waals surface area contributed by atoms with Crippen molar-refractivity contribution in [2.24, 2.45) is 0 Å². The largest absolute Gasteiger partial charge is 0.494 e. The second-order valence-electron chi connectivity index (χ2n) is 5.99. The summed E-state index contributed by atoms with van der Waals surface area (Å²) in [7, 11) is 0. The molecule has 2 aromatic heterocycles. The van der Waals surface area contributed by atoms with Gasteiger partial charge in [0.1, 0.15) is 11.6 Å². The van der Waals surface area contributed by atoms with E-state index >= 15 is 0 Å². The third-order valence-corrected chi connectivity index (χ3v) is 4.34. The van der Waals surface area contributed by atoms with Crippen LogP contribution in [0.1, 0.15) is 5.69 Å². The summed E-state index contributed by atoms with van der Waals surface area (Å²) >= 11 is 0. The normalized spacial score (nSPS) is 19.6. The summed E-state index contributed by atoms with van der Waals surface area (Å²) in [5.74, 6) is -2.08. The van der Waals surface area contributed by atoms with Gasteiger partial charge in [-0.25, -0.2) is 13.6 Å². The van der Waals surface area contributed by atoms with E-state index in [2.05, 4.69) is 15.6 Å². The number of urea groups is 1. The number of amides is 3. The molecule has 3 heterocycles. The molecule has 3 N–H and O–H groups in total. The molecule has 7 nitrogen and oxygen atoms in total. The van der Waals surface area contributed by atoms with Gasteiger partial charge >= 0.3 is 6.03 Å². The minimum absolute atomic E-state index is 0.102. The first-order valence-corrected chi connectivity index (χ1v) is 7.62. The molecule has 4 rings (SSSR count). The maximum atomic E-state index is 13.4. The van der Waals surface area contributed by atoms with Crippen molar-refractivity contribution in [3.63, 3.8) is 0 Å². The second-order valence-corrected chi connectivity index (χ2v) is 5.99. The molecule has 0 saturated carbocycles. The maximum absolute atomic E-state index is 13.4. The summed E-state index contributed by atoms with van der Waals surface area (Å²) in [6.07, 6.45) is 2.45. The molecule has 0 aliphatic carbocycles. The fourth-order valence-corrected chi connectivity index (χ4v) is 3.09. The Hall–Kier alpha value is -3.49. The molecular weight excluding hydrogens is 346 g/mol. The fourth-order valence-electron chi connectivity index (χ4n) is 3.09. The SMILES string of the molecule is O=C1NC(=O)[C@](Cn2cc3ccc(F)cc3c2O)(c2ccc(F)cn2)N1. The molecule has 1 aromatic carbocycles. The first kappa shape index (κ1) is 16.0. The van der Waals surface area contributed by atoms with Gasteiger partial charge in [-0.1, -0.05) is 0 Å². The maximum Gasteiger partial charge on any atom is 0.322 e. The van der Waals surface area contributed by atoms with Crippen LogP contribution in [0.2, 0.25) is 0 Å². The van der Waals surface area contributed by atoms with Crippen molar-refractivity contribution in [3.8, 4) is 5.88 Å². The van der Waals surface area contributed by atoms with E-state index in [0.717, 1.165) is 18.3 Å². The van der Waals surface area contributed by atoms with E-state index in [-0.39, 0.29) is 23.5 Å². The number of carbonyl (C=O) groups excluding carboxylic acids is 2. The Labute approximate surface area is 145 Å². The van der Waals surface area contributed by atoms with Crippen LogP contribution in [0.15, 0.2) is 42.7 Å². The molecule has 1 aliphatic rings. The highest BCUT2D eigenvalue weighted by Crippen LogP contribution is 2.32. The fraction of sp³-hybridized carbons (Fsp3) is 0.118. The van der Waals surface area contributed by atoms with Crippen molar-refractivity contribution in [1.82, 2.24) is 20.2 Å². The number of imide groups is 1. The summed E-state index contributed by atoms with van der Waals surface area (Å²) in [5.41, 5.74) is -1.54. The zero-order chi connectivity index (χ0) is 18.5. The van der Waals surface area contributed by atoms with Crippen LogP contribution in [0.25, 0.3) is 10.8 Å². The Bertz CT molecular complexity index is 1050. The number of benzene rings is 1. The summed E-state index contributed by atoms with van der Waals surface area (Å²) in [6.45, 7) is -0.217. The minimum atomic E-state index is -1.64. The van der Waals surface area contributed by atoms with Crippen LogP contribution in [0.5, 0.6) is 5.88 Å². The first-order chi connectivity index (χ1) is 12.4. The molecule has 0 bridgehead atoms. The second kappa shape index (κ2) is 5.51. The van der Waals surface area contributed by atoms with Crippen molar-refractivity contribution in [1.29, 1.82) is 0 Å². The number of nitrogens with one attached hydrogen (secondary N) is 2. The van der Waals surface area contributed by atoms with Crippen molar-refractivity contribution < 1.29 is 23.5 Å². The zero-order valence-corrected chi connectivity index (χ0v) is 13.2. The van der Waals surface area contributed by atoms with Gasteiger partial charge in [-0.2, -0.15) is 0 Å². The Morgan fingerprint density at radius 3 is 2.58 bits per heavy atom. The van der Waals surface area contributed by atoms with Gasteiger partial charge in [0.25, 0.3) is 5.91 Å². The van der Waals surface area contributed by atoms with Gasteiger partial charge in [-0.05, 0) is 30.3 Å². The van der Waals surface area contributed by atoms with Crippen molar-refractivity contribution in [3.05, 3.63) is 60.1 Å². The van der Waals surface area contributed by atoms with E-state index < -0.39 is 29.1 Å². The molecular formula is C17H12F2N4O3. The summed E-state index contributed by atoms with van der Waals surface area (Å²) < 4.78 is 28.0. The molecule has 3 aromatic rings. The molecule has 9 heteroatoms. The van der Waals surface area contributed by atoms with Crippen molar-refractivity contribution >= 4 is 22.7 Å². The highest BCUT2D eigenvalue weighted by atomic mass is 19.1. The molecule has 0 unspecified atom stereocenters. The van der Waals surface area contributed by atoms with Gasteiger partial charge in [0.2, 0.25) is 0 Å². The molecule has 1 saturated heterocycles. The number of carbonyl (C=O) groups is 2. The van der Waals surface area contributed by atoms with Gasteiger partial charge in [-0.15, -0.1) is 0 Å². The number of rotatable bonds is 3. The van der Waals surface area contributed by atoms with E-state index in [1.165, 1.54) is 29.0 Å². The molecule has 1 atom stereocenters. The number of aromatic hydroxyl groups is 1. The smallest absolute Gasteiger partial charge is 0.322 e. The average Bonchev–Trinajstić information content (AvgIpc) is 3.06. The van der Waals surface area contributed by atoms with Crippen molar-refractivity contribution in [2.45, 2.75) is 12.1 Å². The van der Waals surface area contributed by atoms with Crippen LogP contribution in [-0.2, 0) is 16.9 Å². The Morgan fingerprint density at radius 2 is 1.92 bits per heavy atom. The van der Waals surface area contributed by atoms with Crippen LogP contribution in [-0.4, -0.2) is 26.6 Å². The predicted octanol–water partition coefficient (Wildman–Crippen LogP) is 1.75. The van der Waals surface area contributed by atoms with Crippen LogP contribution in [0, 0.1) is 11.6 Å². The molecule has 132 valence electrons. The predicted molar refractivity (Wildman–Crippen MR) is 86.1 cm³/mol. The van der Waals surface area contributed by atoms with E-state index in [9.17, 15) is 23.5 Å². The highest BCUT2D eigenvalue weighted by Gasteiger charge is 2.49. The Balaban J connectivity index is 1.84. The van der Waals surface area contributed by atoms with Crippen LogP contribution < -0.4 is 10.6 Å². The quantitative estimate of drug-likeness (QED) is 0.622. The number of aromatic nitrogens is 2. The van der Waals surface area contributed by atoms with E-state index in [0.29, 0.717) is 5.39 Å². The van der Waals surface area contributed by atoms with Crippen molar-refractivity contribution in [2.75, 3.05) is 0 Å². The number of halogens is 2. The monoisotopic (exact) mass is 358 g/mol. The van der Waals surface area contributed by atoms with Crippen LogP contribution in [0.4, 0.5) is 13.6 Å². The lowest BCUT2D eigenvalue weighted by Crippen LogP contribution is -2.48. The number of hydrogen-bond acceptors (Lipinski definition) is 4. The standard InChI is InChI=1S/C17H12F2N4O3/c18-10-2-1-9-7-23(14(24)12(9)5-10)8-17(15(25)21-16(26)22-17)13-4-3-11(19)6-20-13/h1-7,24H,8H2,(H2,21,22,25,26)/t17-/m0/s1. The average molecular weight is 358 g/mol. The Kier molecular flexibility index (Phi) is 3.39. The molecule has 0 spiro atoms. The van der Waals surface area contributed by atoms with Gasteiger partial charge in [-0.3, -0.25) is 15.1 Å². The lowest BCUT2D eigenvalue weighted by molar-refractivity contribution is -0.125. The summed E-state index contributed by atoms with van der Waals surface area (Å²) in [4.78, 5) is 28.1.